The number of carbonyl (C=O) groups is 1. The lowest BCUT2D eigenvalue weighted by atomic mass is 9.95. The van der Waals surface area contributed by atoms with Gasteiger partial charge in [0.15, 0.2) is 6.10 Å². The number of aliphatic hydroxyl groups excluding tert-OH is 1. The molecule has 2 rings (SSSR count). The van der Waals surface area contributed by atoms with E-state index in [4.69, 9.17) is 28.3 Å². The third-order valence-corrected chi connectivity index (χ3v) is 3.53. The third-order valence-electron chi connectivity index (χ3n) is 2.79. The Hall–Kier alpha value is -1.62. The summed E-state index contributed by atoms with van der Waals surface area (Å²) >= 11 is 11.7. The maximum Gasteiger partial charge on any atom is 0.337 e. The lowest BCUT2D eigenvalue weighted by molar-refractivity contribution is -0.147. The van der Waals surface area contributed by atoms with Crippen LogP contribution in [0, 0.1) is 5.82 Å². The summed E-state index contributed by atoms with van der Waals surface area (Å²) in [5, 5.41) is 19.1. The number of aliphatic carboxylic acids is 1. The second kappa shape index (κ2) is 5.79. The van der Waals surface area contributed by atoms with Gasteiger partial charge in [-0.25, -0.2) is 9.18 Å². The van der Waals surface area contributed by atoms with Gasteiger partial charge in [-0.15, -0.1) is 0 Å². The van der Waals surface area contributed by atoms with E-state index in [1.54, 1.807) is 6.07 Å². The first kappa shape index (κ1) is 14.8. The zero-order valence-electron chi connectivity index (χ0n) is 9.98. The predicted molar refractivity (Wildman–Crippen MR) is 74.5 cm³/mol. The number of carboxylic acids is 1. The number of benzene rings is 2. The van der Waals surface area contributed by atoms with Gasteiger partial charge in [-0.1, -0.05) is 41.4 Å². The molecule has 0 fully saturated rings. The average Bonchev–Trinajstić information content (AvgIpc) is 2.40. The van der Waals surface area contributed by atoms with Gasteiger partial charge < -0.3 is 10.2 Å². The van der Waals surface area contributed by atoms with Gasteiger partial charge in [0.25, 0.3) is 0 Å². The Bertz CT molecular complexity index is 673. The monoisotopic (exact) mass is 314 g/mol. The van der Waals surface area contributed by atoms with Crippen molar-refractivity contribution in [2.45, 2.75) is 6.10 Å². The molecular formula is C14H9Cl2FO3. The van der Waals surface area contributed by atoms with Crippen molar-refractivity contribution in [2.24, 2.45) is 0 Å². The van der Waals surface area contributed by atoms with Gasteiger partial charge in [0.1, 0.15) is 5.82 Å². The molecule has 0 bridgehead atoms. The first-order valence-corrected chi connectivity index (χ1v) is 6.32. The Balaban J connectivity index is 2.65. The number of aliphatic hydroxyl groups is 1. The molecule has 0 aromatic heterocycles. The highest BCUT2D eigenvalue weighted by Gasteiger charge is 2.24. The molecule has 1 unspecified atom stereocenters. The number of halogens is 3. The summed E-state index contributed by atoms with van der Waals surface area (Å²) in [6, 6.07) is 8.58. The second-order valence-electron chi connectivity index (χ2n) is 4.07. The van der Waals surface area contributed by atoms with Gasteiger partial charge in [0.2, 0.25) is 0 Å². The highest BCUT2D eigenvalue weighted by molar-refractivity contribution is 6.42. The fourth-order valence-electron chi connectivity index (χ4n) is 1.85. The minimum Gasteiger partial charge on any atom is -0.479 e. The van der Waals surface area contributed by atoms with Crippen LogP contribution in [0.4, 0.5) is 4.39 Å². The van der Waals surface area contributed by atoms with Gasteiger partial charge in [-0.3, -0.25) is 0 Å². The van der Waals surface area contributed by atoms with E-state index in [1.165, 1.54) is 24.3 Å². The molecule has 2 aromatic carbocycles. The Morgan fingerprint density at radius 3 is 2.45 bits per heavy atom. The molecule has 2 N–H and O–H groups in total. The van der Waals surface area contributed by atoms with Crippen molar-refractivity contribution in [3.05, 3.63) is 57.8 Å². The molecule has 0 aliphatic carbocycles. The van der Waals surface area contributed by atoms with E-state index >= 15 is 0 Å². The molecule has 0 amide bonds. The van der Waals surface area contributed by atoms with Crippen LogP contribution in [0.1, 0.15) is 11.7 Å². The number of carboxylic acid groups (broad SMARTS) is 1. The number of hydrogen-bond donors (Lipinski definition) is 2. The fourth-order valence-corrected chi connectivity index (χ4v) is 2.15. The highest BCUT2D eigenvalue weighted by Crippen LogP contribution is 2.34. The molecule has 0 radical (unpaired) electrons. The Morgan fingerprint density at radius 2 is 1.85 bits per heavy atom. The van der Waals surface area contributed by atoms with Gasteiger partial charge in [0.05, 0.1) is 10.0 Å². The Kier molecular flexibility index (Phi) is 4.28. The van der Waals surface area contributed by atoms with Crippen LogP contribution in [0.15, 0.2) is 36.4 Å². The zero-order valence-corrected chi connectivity index (χ0v) is 11.5. The van der Waals surface area contributed by atoms with Crippen LogP contribution in [-0.2, 0) is 4.79 Å². The molecule has 104 valence electrons. The first-order chi connectivity index (χ1) is 9.41. The molecule has 1 atom stereocenters. The normalized spacial score (nSPS) is 12.2. The molecule has 0 aliphatic rings. The van der Waals surface area contributed by atoms with Crippen LogP contribution >= 0.6 is 23.2 Å². The van der Waals surface area contributed by atoms with Gasteiger partial charge in [0, 0.05) is 5.56 Å². The minimum atomic E-state index is -1.96. The van der Waals surface area contributed by atoms with Crippen LogP contribution in [-0.4, -0.2) is 16.2 Å². The smallest absolute Gasteiger partial charge is 0.337 e. The average molecular weight is 315 g/mol. The molecule has 0 saturated heterocycles. The van der Waals surface area contributed by atoms with Gasteiger partial charge >= 0.3 is 5.97 Å². The molecule has 0 spiro atoms. The largest absolute Gasteiger partial charge is 0.479 e. The summed E-state index contributed by atoms with van der Waals surface area (Å²) < 4.78 is 13.8. The van der Waals surface area contributed by atoms with E-state index in [2.05, 4.69) is 0 Å². The van der Waals surface area contributed by atoms with Gasteiger partial charge in [-0.2, -0.15) is 0 Å². The molecule has 3 nitrogen and oxygen atoms in total. The summed E-state index contributed by atoms with van der Waals surface area (Å²) in [5.41, 5.74) is 0.408. The van der Waals surface area contributed by atoms with Crippen molar-refractivity contribution in [1.29, 1.82) is 0 Å². The molecule has 0 aliphatic heterocycles. The SMILES string of the molecule is O=C(O)C(O)c1c(F)cccc1-c1ccc(Cl)c(Cl)c1. The van der Waals surface area contributed by atoms with E-state index in [-0.39, 0.29) is 16.1 Å². The van der Waals surface area contributed by atoms with Crippen molar-refractivity contribution in [3.63, 3.8) is 0 Å². The van der Waals surface area contributed by atoms with Gasteiger partial charge in [-0.05, 0) is 29.3 Å². The zero-order chi connectivity index (χ0) is 14.9. The fraction of sp³-hybridized carbons (Fsp3) is 0.0714. The van der Waals surface area contributed by atoms with Crippen molar-refractivity contribution >= 4 is 29.2 Å². The maximum atomic E-state index is 13.8. The lowest BCUT2D eigenvalue weighted by Crippen LogP contribution is -2.13. The number of rotatable bonds is 3. The molecule has 0 saturated carbocycles. The molecule has 6 heteroatoms. The second-order valence-corrected chi connectivity index (χ2v) is 4.89. The topological polar surface area (TPSA) is 57.5 Å². The van der Waals surface area contributed by atoms with Crippen molar-refractivity contribution in [3.8, 4) is 11.1 Å². The Morgan fingerprint density at radius 1 is 1.15 bits per heavy atom. The van der Waals surface area contributed by atoms with Crippen molar-refractivity contribution in [1.82, 2.24) is 0 Å². The van der Waals surface area contributed by atoms with Crippen LogP contribution in [0.2, 0.25) is 10.0 Å². The lowest BCUT2D eigenvalue weighted by Gasteiger charge is -2.14. The maximum absolute atomic E-state index is 13.8. The first-order valence-electron chi connectivity index (χ1n) is 5.56. The molecular weight excluding hydrogens is 306 g/mol. The summed E-state index contributed by atoms with van der Waals surface area (Å²) in [6.07, 6.45) is -1.96. The third kappa shape index (κ3) is 2.77. The van der Waals surface area contributed by atoms with E-state index in [0.29, 0.717) is 10.6 Å². The van der Waals surface area contributed by atoms with E-state index in [9.17, 15) is 14.3 Å². The van der Waals surface area contributed by atoms with Crippen molar-refractivity contribution in [2.75, 3.05) is 0 Å². The van der Waals surface area contributed by atoms with E-state index < -0.39 is 17.9 Å². The summed E-state index contributed by atoms with van der Waals surface area (Å²) in [6.45, 7) is 0. The summed E-state index contributed by atoms with van der Waals surface area (Å²) in [5.74, 6) is -2.33. The standard InChI is InChI=1S/C14H9Cl2FO3/c15-9-5-4-7(6-10(9)16)8-2-1-3-11(17)12(8)13(18)14(19)20/h1-6,13,18H,(H,19,20). The molecule has 2 aromatic rings. The van der Waals surface area contributed by atoms with Crippen molar-refractivity contribution < 1.29 is 19.4 Å². The van der Waals surface area contributed by atoms with Crippen LogP contribution in [0.25, 0.3) is 11.1 Å². The van der Waals surface area contributed by atoms with E-state index in [0.717, 1.165) is 6.07 Å². The quantitative estimate of drug-likeness (QED) is 0.902. The van der Waals surface area contributed by atoms with Crippen LogP contribution in [0.5, 0.6) is 0 Å². The summed E-state index contributed by atoms with van der Waals surface area (Å²) in [7, 11) is 0. The number of hydrogen-bond acceptors (Lipinski definition) is 2. The van der Waals surface area contributed by atoms with Crippen LogP contribution in [0.3, 0.4) is 0 Å². The molecule has 20 heavy (non-hydrogen) atoms. The minimum absolute atomic E-state index is 0.249. The Labute approximate surface area is 124 Å². The van der Waals surface area contributed by atoms with Crippen LogP contribution < -0.4 is 0 Å². The summed E-state index contributed by atoms with van der Waals surface area (Å²) in [4.78, 5) is 10.9. The highest BCUT2D eigenvalue weighted by atomic mass is 35.5. The molecule has 0 heterocycles. The van der Waals surface area contributed by atoms with E-state index in [1.807, 2.05) is 0 Å². The predicted octanol–water partition coefficient (Wildman–Crippen LogP) is 3.92.